The number of rotatable bonds is 6. The Balaban J connectivity index is 0.000000194. The lowest BCUT2D eigenvalue weighted by molar-refractivity contribution is 0.282. The van der Waals surface area contributed by atoms with E-state index >= 15 is 0 Å². The third-order valence-electron chi connectivity index (χ3n) is 6.26. The molecule has 2 aromatic carbocycles. The van der Waals surface area contributed by atoms with Crippen molar-refractivity contribution in [1.82, 2.24) is 15.3 Å². The van der Waals surface area contributed by atoms with E-state index in [2.05, 4.69) is 28.3 Å². The minimum absolute atomic E-state index is 0.634. The summed E-state index contributed by atoms with van der Waals surface area (Å²) in [5.74, 6) is 3.61. The number of para-hydroxylation sites is 1. The van der Waals surface area contributed by atoms with Crippen molar-refractivity contribution < 1.29 is 0 Å². The molecule has 3 aromatic rings. The Morgan fingerprint density at radius 2 is 1.70 bits per heavy atom. The SMILES string of the molecule is CC1CCC(CNCCc2ccc(Cl)c(Cl)c2)CC1.Cc1nc(N(C)C)c2ccccc2n1. The Bertz CT molecular complexity index is 1030. The molecule has 1 fully saturated rings. The monoisotopic (exact) mass is 486 g/mol. The Morgan fingerprint density at radius 3 is 2.39 bits per heavy atom. The van der Waals surface area contributed by atoms with Crippen LogP contribution in [0.15, 0.2) is 42.5 Å². The van der Waals surface area contributed by atoms with Crippen molar-refractivity contribution in [1.29, 1.82) is 0 Å². The van der Waals surface area contributed by atoms with Gasteiger partial charge < -0.3 is 10.2 Å². The van der Waals surface area contributed by atoms with Gasteiger partial charge in [-0.2, -0.15) is 0 Å². The molecular formula is C27H36Cl2N4. The van der Waals surface area contributed by atoms with Gasteiger partial charge in [-0.05, 0) is 80.9 Å². The van der Waals surface area contributed by atoms with Crippen LogP contribution in [0.1, 0.15) is 44.0 Å². The first-order chi connectivity index (χ1) is 15.8. The highest BCUT2D eigenvalue weighted by molar-refractivity contribution is 6.42. The van der Waals surface area contributed by atoms with Crippen LogP contribution in [0.4, 0.5) is 5.82 Å². The topological polar surface area (TPSA) is 41.1 Å². The van der Waals surface area contributed by atoms with E-state index in [1.165, 1.54) is 31.2 Å². The second-order valence-corrected chi connectivity index (χ2v) is 10.1. The predicted octanol–water partition coefficient (Wildman–Crippen LogP) is 6.96. The molecule has 1 N–H and O–H groups in total. The average molecular weight is 488 g/mol. The van der Waals surface area contributed by atoms with Crippen LogP contribution in [0.5, 0.6) is 0 Å². The van der Waals surface area contributed by atoms with Crippen LogP contribution in [0.2, 0.25) is 10.0 Å². The van der Waals surface area contributed by atoms with E-state index in [1.807, 2.05) is 62.3 Å². The summed E-state index contributed by atoms with van der Waals surface area (Å²) in [6.45, 7) is 6.46. The molecule has 0 saturated heterocycles. The van der Waals surface area contributed by atoms with E-state index in [9.17, 15) is 0 Å². The molecule has 0 atom stereocenters. The van der Waals surface area contributed by atoms with Crippen LogP contribution < -0.4 is 10.2 Å². The van der Waals surface area contributed by atoms with Crippen molar-refractivity contribution in [3.05, 3.63) is 63.9 Å². The maximum atomic E-state index is 6.01. The molecule has 1 aromatic heterocycles. The van der Waals surface area contributed by atoms with Crippen molar-refractivity contribution in [3.63, 3.8) is 0 Å². The maximum Gasteiger partial charge on any atom is 0.139 e. The zero-order chi connectivity index (χ0) is 23.8. The molecular weight excluding hydrogens is 451 g/mol. The third kappa shape index (κ3) is 7.84. The molecule has 1 saturated carbocycles. The number of nitrogens with one attached hydrogen (secondary N) is 1. The molecule has 1 heterocycles. The Morgan fingerprint density at radius 1 is 0.970 bits per heavy atom. The minimum atomic E-state index is 0.634. The normalized spacial score (nSPS) is 18.0. The Labute approximate surface area is 208 Å². The second-order valence-electron chi connectivity index (χ2n) is 9.33. The molecule has 0 amide bonds. The molecule has 33 heavy (non-hydrogen) atoms. The lowest BCUT2D eigenvalue weighted by Crippen LogP contribution is -2.27. The highest BCUT2D eigenvalue weighted by atomic mass is 35.5. The van der Waals surface area contributed by atoms with E-state index in [4.69, 9.17) is 23.2 Å². The molecule has 0 unspecified atom stereocenters. The van der Waals surface area contributed by atoms with Gasteiger partial charge in [-0.1, -0.05) is 61.2 Å². The standard InChI is InChI=1S/C16H23Cl2N.C11H13N3/c1-12-2-4-14(5-3-12)11-19-9-8-13-6-7-15(17)16(18)10-13;1-8-12-10-7-5-4-6-9(10)11(13-8)14(2)3/h6-7,10,12,14,19H,2-5,8-9,11H2,1H3;4-7H,1-3H3. The van der Waals surface area contributed by atoms with Gasteiger partial charge in [-0.25, -0.2) is 9.97 Å². The molecule has 0 spiro atoms. The van der Waals surface area contributed by atoms with Gasteiger partial charge in [0.25, 0.3) is 0 Å². The fourth-order valence-electron chi connectivity index (χ4n) is 4.28. The largest absolute Gasteiger partial charge is 0.362 e. The summed E-state index contributed by atoms with van der Waals surface area (Å²) in [7, 11) is 3.99. The Hall–Kier alpha value is -1.88. The van der Waals surface area contributed by atoms with Gasteiger partial charge >= 0.3 is 0 Å². The van der Waals surface area contributed by atoms with Crippen molar-refractivity contribution in [2.75, 3.05) is 32.1 Å². The highest BCUT2D eigenvalue weighted by Crippen LogP contribution is 2.27. The molecule has 0 bridgehead atoms. The number of hydrogen-bond donors (Lipinski definition) is 1. The number of hydrogen-bond acceptors (Lipinski definition) is 4. The van der Waals surface area contributed by atoms with Crippen LogP contribution in [0, 0.1) is 18.8 Å². The van der Waals surface area contributed by atoms with E-state index in [0.717, 1.165) is 53.9 Å². The second kappa shape index (κ2) is 12.5. The van der Waals surface area contributed by atoms with Crippen LogP contribution >= 0.6 is 23.2 Å². The first kappa shape index (κ1) is 25.7. The summed E-state index contributed by atoms with van der Waals surface area (Å²) in [5.41, 5.74) is 2.25. The summed E-state index contributed by atoms with van der Waals surface area (Å²) in [4.78, 5) is 10.8. The van der Waals surface area contributed by atoms with Crippen LogP contribution in [-0.2, 0) is 6.42 Å². The van der Waals surface area contributed by atoms with Gasteiger partial charge in [-0.15, -0.1) is 0 Å². The summed E-state index contributed by atoms with van der Waals surface area (Å²) in [6.07, 6.45) is 6.60. The van der Waals surface area contributed by atoms with Gasteiger partial charge in [0.15, 0.2) is 0 Å². The molecule has 0 aliphatic heterocycles. The number of fused-ring (bicyclic) bond motifs is 1. The zero-order valence-electron chi connectivity index (χ0n) is 20.2. The number of aromatic nitrogens is 2. The number of benzene rings is 2. The van der Waals surface area contributed by atoms with Crippen molar-refractivity contribution in [2.45, 2.75) is 46.0 Å². The van der Waals surface area contributed by atoms with E-state index < -0.39 is 0 Å². The number of aryl methyl sites for hydroxylation is 1. The molecule has 0 radical (unpaired) electrons. The lowest BCUT2D eigenvalue weighted by atomic mass is 9.83. The summed E-state index contributed by atoms with van der Waals surface area (Å²) < 4.78 is 0. The highest BCUT2D eigenvalue weighted by Gasteiger charge is 2.17. The Kier molecular flexibility index (Phi) is 9.78. The maximum absolute atomic E-state index is 6.01. The molecule has 1 aliphatic rings. The van der Waals surface area contributed by atoms with E-state index in [1.54, 1.807) is 0 Å². The minimum Gasteiger partial charge on any atom is -0.362 e. The predicted molar refractivity (Wildman–Crippen MR) is 143 cm³/mol. The first-order valence-corrected chi connectivity index (χ1v) is 12.6. The molecule has 4 nitrogen and oxygen atoms in total. The van der Waals surface area contributed by atoms with E-state index in [-0.39, 0.29) is 0 Å². The van der Waals surface area contributed by atoms with Crippen molar-refractivity contribution in [3.8, 4) is 0 Å². The average Bonchev–Trinajstić information content (AvgIpc) is 2.80. The molecule has 4 rings (SSSR count). The third-order valence-corrected chi connectivity index (χ3v) is 7.00. The van der Waals surface area contributed by atoms with Gasteiger partial charge in [0.2, 0.25) is 0 Å². The first-order valence-electron chi connectivity index (χ1n) is 11.9. The van der Waals surface area contributed by atoms with Crippen LogP contribution in [-0.4, -0.2) is 37.2 Å². The van der Waals surface area contributed by atoms with Gasteiger partial charge in [0.05, 0.1) is 15.6 Å². The van der Waals surface area contributed by atoms with Crippen LogP contribution in [0.3, 0.4) is 0 Å². The molecule has 178 valence electrons. The van der Waals surface area contributed by atoms with E-state index in [0.29, 0.717) is 10.0 Å². The van der Waals surface area contributed by atoms with Crippen LogP contribution in [0.25, 0.3) is 10.9 Å². The smallest absolute Gasteiger partial charge is 0.139 e. The number of anilines is 1. The van der Waals surface area contributed by atoms with Crippen molar-refractivity contribution >= 4 is 39.9 Å². The fourth-order valence-corrected chi connectivity index (χ4v) is 4.60. The van der Waals surface area contributed by atoms with Gasteiger partial charge in [-0.3, -0.25) is 0 Å². The molecule has 1 aliphatic carbocycles. The van der Waals surface area contributed by atoms with Gasteiger partial charge in [0.1, 0.15) is 11.6 Å². The fraction of sp³-hybridized carbons (Fsp3) is 0.481. The summed E-state index contributed by atoms with van der Waals surface area (Å²) in [6, 6.07) is 14.0. The lowest BCUT2D eigenvalue weighted by Gasteiger charge is -2.26. The number of halogens is 2. The van der Waals surface area contributed by atoms with Gasteiger partial charge in [0, 0.05) is 19.5 Å². The number of nitrogens with zero attached hydrogens (tertiary/aromatic N) is 3. The van der Waals surface area contributed by atoms with Crippen molar-refractivity contribution in [2.24, 2.45) is 11.8 Å². The molecule has 6 heteroatoms. The quantitative estimate of drug-likeness (QED) is 0.382. The summed E-state index contributed by atoms with van der Waals surface area (Å²) in [5, 5.41) is 5.96. The zero-order valence-corrected chi connectivity index (χ0v) is 21.8. The summed E-state index contributed by atoms with van der Waals surface area (Å²) >= 11 is 11.9.